The molecule has 1 aromatic heterocycles. The van der Waals surface area contributed by atoms with E-state index in [-0.39, 0.29) is 24.0 Å². The average Bonchev–Trinajstić information content (AvgIpc) is 3.17. The number of aliphatic imine (C=N–C) groups is 1. The molecule has 1 aromatic rings. The van der Waals surface area contributed by atoms with Gasteiger partial charge in [0, 0.05) is 84.0 Å². The Balaban J connectivity index is 0.00000306. The van der Waals surface area contributed by atoms with Crippen LogP contribution in [-0.4, -0.2) is 109 Å². The van der Waals surface area contributed by atoms with E-state index in [4.69, 9.17) is 9.52 Å². The van der Waals surface area contributed by atoms with Crippen LogP contribution in [0.4, 0.5) is 0 Å². The van der Waals surface area contributed by atoms with Gasteiger partial charge in [-0.3, -0.25) is 19.6 Å². The first-order valence-electron chi connectivity index (χ1n) is 12.3. The first-order valence-corrected chi connectivity index (χ1v) is 12.3. The number of carbonyl (C=O) groups is 1. The van der Waals surface area contributed by atoms with E-state index < -0.39 is 0 Å². The predicted octanol–water partition coefficient (Wildman–Crippen LogP) is 1.63. The lowest BCUT2D eigenvalue weighted by Crippen LogP contribution is -2.53. The molecule has 1 aliphatic carbocycles. The molecule has 0 bridgehead atoms. The van der Waals surface area contributed by atoms with Crippen LogP contribution in [0.2, 0.25) is 0 Å². The average molecular weight is 574 g/mol. The Bertz CT molecular complexity index is 767. The van der Waals surface area contributed by atoms with E-state index in [1.54, 1.807) is 0 Å². The third-order valence-corrected chi connectivity index (χ3v) is 6.89. The number of hydrogen-bond acceptors (Lipinski definition) is 6. The number of hydrogen-bond donors (Lipinski definition) is 1. The zero-order chi connectivity index (χ0) is 22.3. The van der Waals surface area contributed by atoms with Gasteiger partial charge in [0.1, 0.15) is 5.76 Å². The van der Waals surface area contributed by atoms with Crippen LogP contribution < -0.4 is 5.32 Å². The molecule has 1 saturated carbocycles. The molecule has 0 spiro atoms. The number of aryl methyl sites for hydroxylation is 1. The van der Waals surface area contributed by atoms with Crippen molar-refractivity contribution in [3.05, 3.63) is 17.5 Å². The van der Waals surface area contributed by atoms with E-state index in [0.29, 0.717) is 11.8 Å². The van der Waals surface area contributed by atoms with Crippen LogP contribution in [0, 0.1) is 12.8 Å². The third-order valence-electron chi connectivity index (χ3n) is 6.89. The van der Waals surface area contributed by atoms with Crippen molar-refractivity contribution in [1.29, 1.82) is 0 Å². The van der Waals surface area contributed by atoms with E-state index in [1.807, 2.05) is 13.0 Å². The Morgan fingerprint density at radius 1 is 1.09 bits per heavy atom. The molecule has 3 aliphatic rings. The molecule has 9 nitrogen and oxygen atoms in total. The molecule has 3 fully saturated rings. The lowest BCUT2D eigenvalue weighted by atomic mass is 9.84. The molecule has 0 aromatic carbocycles. The molecular weight excluding hydrogens is 533 g/mol. The Morgan fingerprint density at radius 2 is 1.76 bits per heavy atom. The lowest BCUT2D eigenvalue weighted by Gasteiger charge is -2.38. The summed E-state index contributed by atoms with van der Waals surface area (Å²) >= 11 is 0. The smallest absolute Gasteiger partial charge is 0.225 e. The van der Waals surface area contributed by atoms with Gasteiger partial charge in [0.15, 0.2) is 5.96 Å². The van der Waals surface area contributed by atoms with Crippen LogP contribution in [-0.2, 0) is 11.3 Å². The zero-order valence-corrected chi connectivity index (χ0v) is 22.5. The van der Waals surface area contributed by atoms with E-state index in [2.05, 4.69) is 37.0 Å². The van der Waals surface area contributed by atoms with Crippen LogP contribution in [0.1, 0.15) is 37.6 Å². The van der Waals surface area contributed by atoms with Crippen molar-refractivity contribution in [3.8, 4) is 0 Å². The summed E-state index contributed by atoms with van der Waals surface area (Å²) in [4.78, 5) is 26.6. The van der Waals surface area contributed by atoms with Gasteiger partial charge < -0.3 is 19.6 Å². The van der Waals surface area contributed by atoms with Gasteiger partial charge in [0.2, 0.25) is 5.91 Å². The van der Waals surface area contributed by atoms with Crippen molar-refractivity contribution in [2.45, 2.75) is 39.7 Å². The molecule has 0 unspecified atom stereocenters. The molecule has 1 amide bonds. The minimum atomic E-state index is 0. The molecule has 1 N–H and O–H groups in total. The summed E-state index contributed by atoms with van der Waals surface area (Å²) in [5.74, 6) is 2.59. The highest BCUT2D eigenvalue weighted by Crippen LogP contribution is 2.28. The van der Waals surface area contributed by atoms with Crippen molar-refractivity contribution >= 4 is 35.8 Å². The number of piperazine rings is 2. The van der Waals surface area contributed by atoms with E-state index in [0.717, 1.165) is 109 Å². The Morgan fingerprint density at radius 3 is 2.33 bits per heavy atom. The van der Waals surface area contributed by atoms with Gasteiger partial charge in [-0.15, -0.1) is 24.0 Å². The van der Waals surface area contributed by atoms with Crippen LogP contribution >= 0.6 is 24.0 Å². The normalized spacial score (nSPS) is 21.0. The first-order chi connectivity index (χ1) is 15.6. The molecule has 10 heteroatoms. The van der Waals surface area contributed by atoms with Crippen LogP contribution in [0.3, 0.4) is 0 Å². The fraction of sp³-hybridized carbons (Fsp3) is 0.783. The summed E-state index contributed by atoms with van der Waals surface area (Å²) in [6, 6.07) is 2.01. The molecular formula is C23H40IN7O2. The number of halogens is 1. The summed E-state index contributed by atoms with van der Waals surface area (Å²) in [6.07, 6.45) is 3.41. The van der Waals surface area contributed by atoms with Gasteiger partial charge in [-0.05, 0) is 26.7 Å². The number of amides is 1. The number of rotatable bonds is 7. The molecule has 0 atom stereocenters. The fourth-order valence-corrected chi connectivity index (χ4v) is 4.67. The molecule has 2 aliphatic heterocycles. The number of nitrogens with one attached hydrogen (secondary N) is 1. The van der Waals surface area contributed by atoms with Gasteiger partial charge >= 0.3 is 0 Å². The van der Waals surface area contributed by atoms with Crippen molar-refractivity contribution in [1.82, 2.24) is 30.1 Å². The largest absolute Gasteiger partial charge is 0.361 e. The molecule has 186 valence electrons. The molecule has 4 rings (SSSR count). The summed E-state index contributed by atoms with van der Waals surface area (Å²) < 4.78 is 5.19. The number of nitrogens with zero attached hydrogens (tertiary/aromatic N) is 6. The van der Waals surface area contributed by atoms with Crippen LogP contribution in [0.5, 0.6) is 0 Å². The molecule has 3 heterocycles. The van der Waals surface area contributed by atoms with Gasteiger partial charge in [-0.25, -0.2) is 0 Å². The third kappa shape index (κ3) is 7.29. The quantitative estimate of drug-likeness (QED) is 0.302. The van der Waals surface area contributed by atoms with Crippen molar-refractivity contribution in [3.63, 3.8) is 0 Å². The Kier molecular flexibility index (Phi) is 10.2. The van der Waals surface area contributed by atoms with Gasteiger partial charge in [-0.2, -0.15) is 0 Å². The summed E-state index contributed by atoms with van der Waals surface area (Å²) in [5.41, 5.74) is 1.01. The number of carbonyl (C=O) groups excluding carboxylic acids is 1. The minimum absolute atomic E-state index is 0. The topological polar surface area (TPSA) is 80.5 Å². The SMILES string of the molecule is CCNC(=NCCN1CCN(C(=O)C2CCC2)CC1)N1CCN(Cc2cc(C)on2)CC1.I. The zero-order valence-electron chi connectivity index (χ0n) is 20.2. The maximum absolute atomic E-state index is 12.4. The highest BCUT2D eigenvalue weighted by atomic mass is 127. The first kappa shape index (κ1) is 26.2. The molecule has 0 radical (unpaired) electrons. The van der Waals surface area contributed by atoms with Crippen LogP contribution in [0.15, 0.2) is 15.6 Å². The van der Waals surface area contributed by atoms with E-state index in [1.165, 1.54) is 6.42 Å². The van der Waals surface area contributed by atoms with E-state index >= 15 is 0 Å². The van der Waals surface area contributed by atoms with Crippen molar-refractivity contribution in [2.75, 3.05) is 72.0 Å². The highest BCUT2D eigenvalue weighted by molar-refractivity contribution is 14.0. The maximum Gasteiger partial charge on any atom is 0.225 e. The Labute approximate surface area is 214 Å². The molecule has 2 saturated heterocycles. The van der Waals surface area contributed by atoms with E-state index in [9.17, 15) is 4.79 Å². The fourth-order valence-electron chi connectivity index (χ4n) is 4.67. The summed E-state index contributed by atoms with van der Waals surface area (Å²) in [7, 11) is 0. The van der Waals surface area contributed by atoms with Crippen molar-refractivity contribution in [2.24, 2.45) is 10.9 Å². The van der Waals surface area contributed by atoms with Gasteiger partial charge in [0.05, 0.1) is 12.2 Å². The second-order valence-electron chi connectivity index (χ2n) is 9.22. The van der Waals surface area contributed by atoms with Gasteiger partial charge in [-0.1, -0.05) is 11.6 Å². The van der Waals surface area contributed by atoms with Gasteiger partial charge in [0.25, 0.3) is 0 Å². The number of guanidine groups is 1. The standard InChI is InChI=1S/C23H39N7O2.HI/c1-3-24-23(30-15-11-28(12-16-30)18-21-17-19(2)32-26-21)25-7-8-27-9-13-29(14-10-27)22(31)20-5-4-6-20;/h17,20H,3-16,18H2,1-2H3,(H,24,25);1H. The van der Waals surface area contributed by atoms with Crippen molar-refractivity contribution < 1.29 is 9.32 Å². The highest BCUT2D eigenvalue weighted by Gasteiger charge is 2.31. The Hall–Kier alpha value is -1.40. The monoisotopic (exact) mass is 573 g/mol. The number of aromatic nitrogens is 1. The summed E-state index contributed by atoms with van der Waals surface area (Å²) in [5, 5.41) is 7.58. The second-order valence-corrected chi connectivity index (χ2v) is 9.22. The predicted molar refractivity (Wildman–Crippen MR) is 140 cm³/mol. The lowest BCUT2D eigenvalue weighted by molar-refractivity contribution is -0.139. The minimum Gasteiger partial charge on any atom is -0.361 e. The second kappa shape index (κ2) is 12.9. The summed E-state index contributed by atoms with van der Waals surface area (Å²) in [6.45, 7) is 15.1. The molecule has 33 heavy (non-hydrogen) atoms. The van der Waals surface area contributed by atoms with Crippen LogP contribution in [0.25, 0.3) is 0 Å². The maximum atomic E-state index is 12.4.